The smallest absolute Gasteiger partial charge is 0.0794 e. The van der Waals surface area contributed by atoms with E-state index in [1.807, 2.05) is 19.2 Å². The zero-order chi connectivity index (χ0) is 12.8. The predicted octanol–water partition coefficient (Wildman–Crippen LogP) is 2.39. The van der Waals surface area contributed by atoms with Gasteiger partial charge < -0.3 is 10.4 Å². The molecule has 0 spiro atoms. The summed E-state index contributed by atoms with van der Waals surface area (Å²) in [5.41, 5.74) is 2.29. The molecule has 5 heteroatoms. The lowest BCUT2D eigenvalue weighted by Gasteiger charge is -2.06. The Bertz CT molecular complexity index is 451. The Kier molecular flexibility index (Phi) is 4.92. The van der Waals surface area contributed by atoms with Crippen molar-refractivity contribution < 1.29 is 5.11 Å². The van der Waals surface area contributed by atoms with Crippen LogP contribution in [0.2, 0.25) is 0 Å². The average molecular weight is 265 g/mol. The van der Waals surface area contributed by atoms with Crippen molar-refractivity contribution in [3.8, 4) is 10.6 Å². The standard InChI is InChI=1S/C13H19N3OS/c1-10(17)4-2-6-14-8-11-9-15-16-13(11)12-5-3-7-18-12/h3,5,7,9-10,14,17H,2,4,6,8H2,1H3,(H,15,16). The van der Waals surface area contributed by atoms with E-state index in [-0.39, 0.29) is 6.10 Å². The maximum Gasteiger partial charge on any atom is 0.0794 e. The SMILES string of the molecule is CC(O)CCCNCc1cn[nH]c1-c1cccs1. The average Bonchev–Trinajstić information content (AvgIpc) is 2.97. The molecular weight excluding hydrogens is 246 g/mol. The molecular formula is C13H19N3OS. The van der Waals surface area contributed by atoms with Gasteiger partial charge in [0.1, 0.15) is 0 Å². The van der Waals surface area contributed by atoms with Crippen LogP contribution >= 0.6 is 11.3 Å². The monoisotopic (exact) mass is 265 g/mol. The van der Waals surface area contributed by atoms with Crippen LogP contribution in [0, 0.1) is 0 Å². The van der Waals surface area contributed by atoms with Crippen LogP contribution < -0.4 is 5.32 Å². The summed E-state index contributed by atoms with van der Waals surface area (Å²) < 4.78 is 0. The van der Waals surface area contributed by atoms with Crippen molar-refractivity contribution in [2.45, 2.75) is 32.4 Å². The molecule has 0 saturated carbocycles. The van der Waals surface area contributed by atoms with Crippen LogP contribution in [0.25, 0.3) is 10.6 Å². The van der Waals surface area contributed by atoms with E-state index in [1.165, 1.54) is 10.4 Å². The number of thiophene rings is 1. The molecule has 0 saturated heterocycles. The second-order valence-corrected chi connectivity index (χ2v) is 5.36. The number of nitrogens with one attached hydrogen (secondary N) is 2. The van der Waals surface area contributed by atoms with Gasteiger partial charge in [0, 0.05) is 12.1 Å². The largest absolute Gasteiger partial charge is 0.393 e. The molecule has 2 aromatic heterocycles. The summed E-state index contributed by atoms with van der Waals surface area (Å²) in [5, 5.41) is 21.8. The summed E-state index contributed by atoms with van der Waals surface area (Å²) in [7, 11) is 0. The van der Waals surface area contributed by atoms with Crippen molar-refractivity contribution in [3.05, 3.63) is 29.3 Å². The van der Waals surface area contributed by atoms with Gasteiger partial charge in [-0.15, -0.1) is 11.3 Å². The topological polar surface area (TPSA) is 60.9 Å². The molecule has 1 unspecified atom stereocenters. The van der Waals surface area contributed by atoms with Gasteiger partial charge in [0.25, 0.3) is 0 Å². The number of aliphatic hydroxyl groups excluding tert-OH is 1. The zero-order valence-electron chi connectivity index (χ0n) is 10.5. The third-order valence-corrected chi connectivity index (χ3v) is 3.66. The summed E-state index contributed by atoms with van der Waals surface area (Å²) in [5.74, 6) is 0. The first-order valence-electron chi connectivity index (χ1n) is 6.22. The fourth-order valence-corrected chi connectivity index (χ4v) is 2.58. The lowest BCUT2D eigenvalue weighted by molar-refractivity contribution is 0.181. The quantitative estimate of drug-likeness (QED) is 0.674. The molecule has 0 bridgehead atoms. The Morgan fingerprint density at radius 1 is 1.56 bits per heavy atom. The number of aromatic amines is 1. The Labute approximate surface area is 111 Å². The van der Waals surface area contributed by atoms with Gasteiger partial charge in [0.2, 0.25) is 0 Å². The summed E-state index contributed by atoms with van der Waals surface area (Å²) in [4.78, 5) is 1.22. The van der Waals surface area contributed by atoms with Gasteiger partial charge in [0.05, 0.1) is 22.9 Å². The summed E-state index contributed by atoms with van der Waals surface area (Å²) in [6.07, 6.45) is 3.50. The predicted molar refractivity (Wildman–Crippen MR) is 74.5 cm³/mol. The summed E-state index contributed by atoms with van der Waals surface area (Å²) in [6, 6.07) is 4.13. The van der Waals surface area contributed by atoms with Crippen LogP contribution in [0.3, 0.4) is 0 Å². The molecule has 0 aliphatic carbocycles. The number of aliphatic hydroxyl groups is 1. The van der Waals surface area contributed by atoms with Gasteiger partial charge in [-0.1, -0.05) is 6.07 Å². The molecule has 1 atom stereocenters. The molecule has 2 heterocycles. The lowest BCUT2D eigenvalue weighted by atomic mass is 10.2. The first-order valence-corrected chi connectivity index (χ1v) is 7.10. The molecule has 4 nitrogen and oxygen atoms in total. The minimum absolute atomic E-state index is 0.206. The van der Waals surface area contributed by atoms with Crippen LogP contribution in [0.1, 0.15) is 25.3 Å². The van der Waals surface area contributed by atoms with Gasteiger partial charge in [-0.2, -0.15) is 5.10 Å². The summed E-state index contributed by atoms with van der Waals surface area (Å²) >= 11 is 1.71. The van der Waals surface area contributed by atoms with Crippen LogP contribution in [-0.4, -0.2) is 28.0 Å². The number of H-pyrrole nitrogens is 1. The molecule has 0 aromatic carbocycles. The van der Waals surface area contributed by atoms with Gasteiger partial charge in [-0.05, 0) is 37.8 Å². The molecule has 2 rings (SSSR count). The van der Waals surface area contributed by atoms with E-state index in [0.717, 1.165) is 31.6 Å². The van der Waals surface area contributed by atoms with E-state index in [4.69, 9.17) is 5.11 Å². The van der Waals surface area contributed by atoms with Gasteiger partial charge in [-0.3, -0.25) is 5.10 Å². The maximum atomic E-state index is 9.16. The van der Waals surface area contributed by atoms with Crippen molar-refractivity contribution in [2.75, 3.05) is 6.54 Å². The number of rotatable bonds is 7. The van der Waals surface area contributed by atoms with E-state index >= 15 is 0 Å². The third-order valence-electron chi connectivity index (χ3n) is 2.78. The molecule has 18 heavy (non-hydrogen) atoms. The van der Waals surface area contributed by atoms with E-state index in [2.05, 4.69) is 27.0 Å². The zero-order valence-corrected chi connectivity index (χ0v) is 11.3. The highest BCUT2D eigenvalue weighted by atomic mass is 32.1. The molecule has 0 aliphatic heterocycles. The van der Waals surface area contributed by atoms with Crippen molar-refractivity contribution in [1.29, 1.82) is 0 Å². The molecule has 0 radical (unpaired) electrons. The first kappa shape index (κ1) is 13.3. The number of hydrogen-bond donors (Lipinski definition) is 3. The van der Waals surface area contributed by atoms with Crippen molar-refractivity contribution in [3.63, 3.8) is 0 Å². The minimum Gasteiger partial charge on any atom is -0.393 e. The van der Waals surface area contributed by atoms with Crippen LogP contribution in [0.4, 0.5) is 0 Å². The van der Waals surface area contributed by atoms with Gasteiger partial charge in [-0.25, -0.2) is 0 Å². The molecule has 98 valence electrons. The highest BCUT2D eigenvalue weighted by Gasteiger charge is 2.07. The van der Waals surface area contributed by atoms with Crippen LogP contribution in [-0.2, 0) is 6.54 Å². The van der Waals surface area contributed by atoms with E-state index in [9.17, 15) is 0 Å². The van der Waals surface area contributed by atoms with Crippen LogP contribution in [0.5, 0.6) is 0 Å². The fourth-order valence-electron chi connectivity index (χ4n) is 1.82. The maximum absolute atomic E-state index is 9.16. The lowest BCUT2D eigenvalue weighted by Crippen LogP contribution is -2.16. The highest BCUT2D eigenvalue weighted by Crippen LogP contribution is 2.25. The Morgan fingerprint density at radius 3 is 3.17 bits per heavy atom. The minimum atomic E-state index is -0.206. The van der Waals surface area contributed by atoms with E-state index in [1.54, 1.807) is 11.3 Å². The molecule has 0 amide bonds. The molecule has 0 aliphatic rings. The Hall–Kier alpha value is -1.17. The summed E-state index contributed by atoms with van der Waals surface area (Å²) in [6.45, 7) is 3.55. The molecule has 3 N–H and O–H groups in total. The third kappa shape index (κ3) is 3.66. The first-order chi connectivity index (χ1) is 8.77. The van der Waals surface area contributed by atoms with Gasteiger partial charge >= 0.3 is 0 Å². The second-order valence-electron chi connectivity index (χ2n) is 4.42. The van der Waals surface area contributed by atoms with Crippen molar-refractivity contribution in [1.82, 2.24) is 15.5 Å². The normalized spacial score (nSPS) is 12.8. The van der Waals surface area contributed by atoms with E-state index < -0.39 is 0 Å². The molecule has 0 fully saturated rings. The molecule has 2 aromatic rings. The van der Waals surface area contributed by atoms with Crippen molar-refractivity contribution >= 4 is 11.3 Å². The Morgan fingerprint density at radius 2 is 2.44 bits per heavy atom. The fraction of sp³-hybridized carbons (Fsp3) is 0.462. The number of aromatic nitrogens is 2. The van der Waals surface area contributed by atoms with Gasteiger partial charge in [0.15, 0.2) is 0 Å². The van der Waals surface area contributed by atoms with Crippen molar-refractivity contribution in [2.24, 2.45) is 0 Å². The number of nitrogens with zero attached hydrogens (tertiary/aromatic N) is 1. The Balaban J connectivity index is 1.82. The van der Waals surface area contributed by atoms with Crippen LogP contribution in [0.15, 0.2) is 23.7 Å². The highest BCUT2D eigenvalue weighted by molar-refractivity contribution is 7.13. The number of hydrogen-bond acceptors (Lipinski definition) is 4. The van der Waals surface area contributed by atoms with E-state index in [0.29, 0.717) is 0 Å². The second kappa shape index (κ2) is 6.68.